The first kappa shape index (κ1) is 23.1. The van der Waals surface area contributed by atoms with Gasteiger partial charge in [0.1, 0.15) is 12.6 Å². The lowest BCUT2D eigenvalue weighted by Crippen LogP contribution is -2.61. The number of carbonyl (C=O) groups is 3. The zero-order valence-electron chi connectivity index (χ0n) is 19.0. The van der Waals surface area contributed by atoms with Crippen LogP contribution in [0.25, 0.3) is 0 Å². The second kappa shape index (κ2) is 10.1. The molecule has 0 radical (unpaired) electrons. The van der Waals surface area contributed by atoms with Gasteiger partial charge in [0.2, 0.25) is 11.8 Å². The first-order valence-electron chi connectivity index (χ1n) is 11.0. The van der Waals surface area contributed by atoms with Gasteiger partial charge in [-0.1, -0.05) is 43.7 Å². The van der Waals surface area contributed by atoms with Gasteiger partial charge < -0.3 is 24.8 Å². The van der Waals surface area contributed by atoms with Crippen LogP contribution in [-0.4, -0.2) is 84.5 Å². The number of ether oxygens (including phenoxy) is 1. The number of piperazine rings is 1. The lowest BCUT2D eigenvalue weighted by atomic mass is 9.97. The van der Waals surface area contributed by atoms with Gasteiger partial charge in [-0.2, -0.15) is 0 Å². The standard InChI is InChI=1S/C23H34N4O4/c1-16(2)11-20-22(29)25(9-10-31-4)13-19-14-26(23(30)27(19)20)15-21(28)24-12-18-7-5-17(3)6-8-18/h5-8,16,19-20H,9-15H2,1-4H3,(H,24,28)/t19-,20+/m1/s1. The normalized spacial score (nSPS) is 21.1. The molecule has 0 spiro atoms. The van der Waals surface area contributed by atoms with Gasteiger partial charge in [-0.05, 0) is 24.8 Å². The maximum Gasteiger partial charge on any atom is 0.321 e. The summed E-state index contributed by atoms with van der Waals surface area (Å²) in [7, 11) is 1.61. The van der Waals surface area contributed by atoms with Crippen molar-refractivity contribution in [2.45, 2.75) is 45.8 Å². The van der Waals surface area contributed by atoms with Gasteiger partial charge in [0, 0.05) is 33.3 Å². The van der Waals surface area contributed by atoms with E-state index in [1.165, 1.54) is 5.56 Å². The molecular weight excluding hydrogens is 396 g/mol. The third-order valence-electron chi connectivity index (χ3n) is 5.88. The summed E-state index contributed by atoms with van der Waals surface area (Å²) in [5, 5.41) is 2.89. The molecule has 0 saturated carbocycles. The van der Waals surface area contributed by atoms with Gasteiger partial charge in [0.25, 0.3) is 0 Å². The fourth-order valence-corrected chi connectivity index (χ4v) is 4.28. The first-order valence-corrected chi connectivity index (χ1v) is 11.0. The molecule has 2 atom stereocenters. The van der Waals surface area contributed by atoms with Gasteiger partial charge in [-0.3, -0.25) is 9.59 Å². The molecular formula is C23H34N4O4. The van der Waals surface area contributed by atoms with Gasteiger partial charge in [0.15, 0.2) is 0 Å². The Labute approximate surface area is 184 Å². The largest absolute Gasteiger partial charge is 0.383 e. The van der Waals surface area contributed by atoms with Crippen molar-refractivity contribution in [1.82, 2.24) is 20.0 Å². The Morgan fingerprint density at radius 1 is 1.16 bits per heavy atom. The molecule has 170 valence electrons. The van der Waals surface area contributed by atoms with E-state index in [9.17, 15) is 14.4 Å². The van der Waals surface area contributed by atoms with Gasteiger partial charge in [-0.25, -0.2) is 4.79 Å². The zero-order valence-corrected chi connectivity index (χ0v) is 19.0. The van der Waals surface area contributed by atoms with E-state index in [4.69, 9.17) is 4.74 Å². The van der Waals surface area contributed by atoms with Crippen LogP contribution in [0.3, 0.4) is 0 Å². The minimum Gasteiger partial charge on any atom is -0.383 e. The lowest BCUT2D eigenvalue weighted by Gasteiger charge is -2.42. The summed E-state index contributed by atoms with van der Waals surface area (Å²) >= 11 is 0. The molecule has 0 aromatic heterocycles. The number of methoxy groups -OCH3 is 1. The minimum atomic E-state index is -0.483. The number of fused-ring (bicyclic) bond motifs is 1. The van der Waals surface area contributed by atoms with Crippen molar-refractivity contribution >= 4 is 17.8 Å². The number of hydrogen-bond donors (Lipinski definition) is 1. The van der Waals surface area contributed by atoms with E-state index in [2.05, 4.69) is 5.32 Å². The summed E-state index contributed by atoms with van der Waals surface area (Å²) < 4.78 is 5.15. The average Bonchev–Trinajstić information content (AvgIpc) is 3.03. The Balaban J connectivity index is 1.63. The number of urea groups is 1. The van der Waals surface area contributed by atoms with Crippen molar-refractivity contribution in [3.63, 3.8) is 0 Å². The van der Waals surface area contributed by atoms with E-state index in [-0.39, 0.29) is 36.3 Å². The van der Waals surface area contributed by atoms with Crippen molar-refractivity contribution in [2.75, 3.05) is 39.9 Å². The molecule has 0 aliphatic carbocycles. The minimum absolute atomic E-state index is 0.00163. The maximum atomic E-state index is 13.1. The van der Waals surface area contributed by atoms with Crippen LogP contribution in [0.1, 0.15) is 31.4 Å². The van der Waals surface area contributed by atoms with E-state index in [0.717, 1.165) is 5.56 Å². The average molecular weight is 431 g/mol. The van der Waals surface area contributed by atoms with Gasteiger partial charge in [0.05, 0.1) is 12.6 Å². The number of aryl methyl sites for hydroxylation is 1. The molecule has 8 heteroatoms. The predicted molar refractivity (Wildman–Crippen MR) is 117 cm³/mol. The number of nitrogens with zero attached hydrogens (tertiary/aromatic N) is 3. The smallest absolute Gasteiger partial charge is 0.321 e. The monoisotopic (exact) mass is 430 g/mol. The van der Waals surface area contributed by atoms with E-state index in [0.29, 0.717) is 39.2 Å². The van der Waals surface area contributed by atoms with Crippen molar-refractivity contribution in [3.05, 3.63) is 35.4 Å². The Kier molecular flexibility index (Phi) is 7.54. The van der Waals surface area contributed by atoms with Gasteiger partial charge in [-0.15, -0.1) is 0 Å². The van der Waals surface area contributed by atoms with Crippen LogP contribution in [0.2, 0.25) is 0 Å². The Bertz CT molecular complexity index is 795. The molecule has 2 fully saturated rings. The number of benzene rings is 1. The molecule has 31 heavy (non-hydrogen) atoms. The molecule has 1 aromatic rings. The van der Waals surface area contributed by atoms with Crippen LogP contribution >= 0.6 is 0 Å². The molecule has 4 amide bonds. The van der Waals surface area contributed by atoms with E-state index in [1.807, 2.05) is 45.0 Å². The molecule has 2 aliphatic heterocycles. The molecule has 0 unspecified atom stereocenters. The SMILES string of the molecule is COCCN1C[C@@H]2CN(CC(=O)NCc3ccc(C)cc3)C(=O)N2[C@@H](CC(C)C)C1=O. The Morgan fingerprint density at radius 3 is 2.48 bits per heavy atom. The summed E-state index contributed by atoms with van der Waals surface area (Å²) in [5.74, 6) is 0.0504. The van der Waals surface area contributed by atoms with E-state index >= 15 is 0 Å². The highest BCUT2D eigenvalue weighted by atomic mass is 16.5. The molecule has 1 N–H and O–H groups in total. The molecule has 0 bridgehead atoms. The van der Waals surface area contributed by atoms with Crippen LogP contribution in [-0.2, 0) is 20.9 Å². The fourth-order valence-electron chi connectivity index (χ4n) is 4.28. The molecule has 2 saturated heterocycles. The summed E-state index contributed by atoms with van der Waals surface area (Å²) in [4.78, 5) is 43.7. The predicted octanol–water partition coefficient (Wildman–Crippen LogP) is 1.62. The van der Waals surface area contributed by atoms with Crippen LogP contribution < -0.4 is 5.32 Å². The zero-order chi connectivity index (χ0) is 22.5. The van der Waals surface area contributed by atoms with Crippen LogP contribution in [0.5, 0.6) is 0 Å². The highest BCUT2D eigenvalue weighted by Gasteiger charge is 2.49. The number of rotatable bonds is 9. The summed E-state index contributed by atoms with van der Waals surface area (Å²) in [6, 6.07) is 7.16. The molecule has 2 aliphatic rings. The van der Waals surface area contributed by atoms with Crippen LogP contribution in [0, 0.1) is 12.8 Å². The number of carbonyl (C=O) groups excluding carboxylic acids is 3. The van der Waals surface area contributed by atoms with Crippen LogP contribution in [0.15, 0.2) is 24.3 Å². The summed E-state index contributed by atoms with van der Waals surface area (Å²) in [6.45, 7) is 8.44. The van der Waals surface area contributed by atoms with Crippen molar-refractivity contribution < 1.29 is 19.1 Å². The van der Waals surface area contributed by atoms with Crippen molar-refractivity contribution in [3.8, 4) is 0 Å². The maximum absolute atomic E-state index is 13.1. The quantitative estimate of drug-likeness (QED) is 0.646. The van der Waals surface area contributed by atoms with Crippen molar-refractivity contribution in [2.24, 2.45) is 5.92 Å². The lowest BCUT2D eigenvalue weighted by molar-refractivity contribution is -0.143. The molecule has 8 nitrogen and oxygen atoms in total. The summed E-state index contributed by atoms with van der Waals surface area (Å²) in [6.07, 6.45) is 0.609. The topological polar surface area (TPSA) is 82.2 Å². The number of nitrogens with one attached hydrogen (secondary N) is 1. The second-order valence-electron chi connectivity index (χ2n) is 8.91. The fraction of sp³-hybridized carbons (Fsp3) is 0.609. The van der Waals surface area contributed by atoms with E-state index in [1.54, 1.807) is 21.8 Å². The third kappa shape index (κ3) is 5.55. The molecule has 1 aromatic carbocycles. The number of amides is 4. The van der Waals surface area contributed by atoms with E-state index < -0.39 is 6.04 Å². The Morgan fingerprint density at radius 2 is 1.84 bits per heavy atom. The first-order chi connectivity index (χ1) is 14.8. The highest BCUT2D eigenvalue weighted by Crippen LogP contribution is 2.29. The number of hydrogen-bond acceptors (Lipinski definition) is 4. The third-order valence-corrected chi connectivity index (χ3v) is 5.88. The van der Waals surface area contributed by atoms with Gasteiger partial charge >= 0.3 is 6.03 Å². The van der Waals surface area contributed by atoms with Crippen LogP contribution in [0.4, 0.5) is 4.79 Å². The highest BCUT2D eigenvalue weighted by molar-refractivity contribution is 5.91. The summed E-state index contributed by atoms with van der Waals surface area (Å²) in [5.41, 5.74) is 2.18. The second-order valence-corrected chi connectivity index (χ2v) is 8.91. The molecule has 3 rings (SSSR count). The van der Waals surface area contributed by atoms with Crippen molar-refractivity contribution in [1.29, 1.82) is 0 Å². The molecule has 2 heterocycles. The Hall–Kier alpha value is -2.61.